The Hall–Kier alpha value is -3.46. The zero-order chi connectivity index (χ0) is 33.0. The molecule has 0 bridgehead atoms. The molecule has 0 saturated carbocycles. The molecule has 0 fully saturated rings. The van der Waals surface area contributed by atoms with Crippen LogP contribution >= 0.6 is 16.1 Å². The Kier molecular flexibility index (Phi) is 10.4. The fourth-order valence-corrected chi connectivity index (χ4v) is 6.95. The van der Waals surface area contributed by atoms with Crippen molar-refractivity contribution in [2.24, 2.45) is 0 Å². The van der Waals surface area contributed by atoms with Gasteiger partial charge >= 0.3 is 12.1 Å². The smallest absolute Gasteiger partial charge is 0.389 e. The second-order valence-electron chi connectivity index (χ2n) is 13.1. The highest BCUT2D eigenvalue weighted by atomic mass is 79.9. The third-order valence-corrected chi connectivity index (χ3v) is 9.29. The summed E-state index contributed by atoms with van der Waals surface area (Å²) >= 11 is 3.76. The first-order valence-corrected chi connectivity index (χ1v) is 16.8. The lowest BCUT2D eigenvalue weighted by atomic mass is 9.86. The van der Waals surface area contributed by atoms with Crippen molar-refractivity contribution in [1.82, 2.24) is 0 Å². The van der Waals surface area contributed by atoms with Gasteiger partial charge in [0.15, 0.2) is 0 Å². The molecule has 1 aliphatic carbocycles. The van der Waals surface area contributed by atoms with E-state index < -0.39 is 35.7 Å². The summed E-state index contributed by atoms with van der Waals surface area (Å²) in [6.07, 6.45) is 3.99. The number of hydrogen-bond acceptors (Lipinski definition) is 5. The molecule has 0 amide bonds. The molecule has 5 nitrogen and oxygen atoms in total. The number of aryl methyl sites for hydroxylation is 1. The van der Waals surface area contributed by atoms with Gasteiger partial charge in [-0.1, -0.05) is 80.6 Å². The van der Waals surface area contributed by atoms with Gasteiger partial charge in [-0.15, -0.1) is 0 Å². The van der Waals surface area contributed by atoms with E-state index in [1.54, 1.807) is 3.93 Å². The monoisotopic (exact) mass is 698 g/mol. The zero-order valence-electron chi connectivity index (χ0n) is 26.6. The van der Waals surface area contributed by atoms with Gasteiger partial charge in [0.25, 0.3) is 0 Å². The van der Waals surface area contributed by atoms with Crippen LogP contribution in [0.15, 0.2) is 78.6 Å². The van der Waals surface area contributed by atoms with Crippen molar-refractivity contribution < 1.29 is 27.4 Å². The SMILES string of the molecule is CC(C)(C)OC(=O)C1(C2C(Oc3ccc(CCCCCCCCCC(F)(F)F)cc3)=Cc3ccccc32)Nc2ccccc2N1Br. The summed E-state index contributed by atoms with van der Waals surface area (Å²) in [4.78, 5) is 14.3. The first-order chi connectivity index (χ1) is 21.9. The number of carbonyl (C=O) groups excluding carboxylic acids is 1. The van der Waals surface area contributed by atoms with Gasteiger partial charge in [0.1, 0.15) is 17.1 Å². The largest absolute Gasteiger partial charge is 0.461 e. The molecule has 46 heavy (non-hydrogen) atoms. The summed E-state index contributed by atoms with van der Waals surface area (Å²) in [5.41, 5.74) is 2.66. The van der Waals surface area contributed by atoms with Crippen LogP contribution in [0.4, 0.5) is 24.5 Å². The van der Waals surface area contributed by atoms with Crippen LogP contribution in [0.5, 0.6) is 5.75 Å². The Morgan fingerprint density at radius 1 is 0.870 bits per heavy atom. The number of halogens is 4. The standard InChI is InChI=1S/C37H42BrF3N2O3/c1-35(2,3)46-34(44)37(42-30-18-12-13-19-31(30)43(37)38)33-29-17-11-10-16-27(29)25-32(33)45-28-22-20-26(21-23-28)15-9-7-5-4-6-8-14-24-36(39,40)41/h10-13,16-23,25,33,42H,4-9,14-15,24H2,1-3H3. The van der Waals surface area contributed by atoms with Crippen molar-refractivity contribution in [1.29, 1.82) is 0 Å². The Balaban J connectivity index is 1.27. The predicted molar refractivity (Wildman–Crippen MR) is 181 cm³/mol. The maximum atomic E-state index is 14.3. The van der Waals surface area contributed by atoms with E-state index in [9.17, 15) is 18.0 Å². The van der Waals surface area contributed by atoms with Crippen molar-refractivity contribution in [3.05, 3.63) is 95.2 Å². The number of anilines is 2. The van der Waals surface area contributed by atoms with Gasteiger partial charge < -0.3 is 14.8 Å². The van der Waals surface area contributed by atoms with Crippen LogP contribution in [-0.4, -0.2) is 23.4 Å². The first-order valence-electron chi connectivity index (χ1n) is 16.1. The zero-order valence-corrected chi connectivity index (χ0v) is 28.2. The highest BCUT2D eigenvalue weighted by molar-refractivity contribution is 9.10. The number of nitrogens with one attached hydrogen (secondary N) is 1. The molecule has 5 rings (SSSR count). The maximum absolute atomic E-state index is 14.3. The van der Waals surface area contributed by atoms with E-state index in [-0.39, 0.29) is 6.42 Å². The van der Waals surface area contributed by atoms with Gasteiger partial charge in [0.2, 0.25) is 5.66 Å². The third-order valence-electron chi connectivity index (χ3n) is 8.35. The predicted octanol–water partition coefficient (Wildman–Crippen LogP) is 10.7. The molecule has 0 saturated heterocycles. The van der Waals surface area contributed by atoms with Crippen LogP contribution in [0.3, 0.4) is 0 Å². The van der Waals surface area contributed by atoms with Crippen molar-refractivity contribution in [2.75, 3.05) is 9.24 Å². The van der Waals surface area contributed by atoms with Crippen molar-refractivity contribution in [3.63, 3.8) is 0 Å². The summed E-state index contributed by atoms with van der Waals surface area (Å²) in [6.45, 7) is 5.58. The summed E-state index contributed by atoms with van der Waals surface area (Å²) in [5.74, 6) is 0.321. The van der Waals surface area contributed by atoms with Gasteiger partial charge in [-0.05, 0) is 87.1 Å². The number of hydrogen-bond donors (Lipinski definition) is 1. The van der Waals surface area contributed by atoms with Crippen molar-refractivity contribution in [2.45, 2.75) is 102 Å². The number of esters is 1. The number of unbranched alkanes of at least 4 members (excludes halogenated alkanes) is 6. The molecule has 1 aliphatic heterocycles. The lowest BCUT2D eigenvalue weighted by Gasteiger charge is -2.41. The fourth-order valence-electron chi connectivity index (χ4n) is 6.20. The minimum Gasteiger partial charge on any atom is -0.461 e. The molecule has 0 radical (unpaired) electrons. The average molecular weight is 700 g/mol. The molecular weight excluding hydrogens is 657 g/mol. The molecule has 1 heterocycles. The molecule has 0 aromatic heterocycles. The van der Waals surface area contributed by atoms with Crippen LogP contribution in [0.2, 0.25) is 0 Å². The van der Waals surface area contributed by atoms with E-state index in [1.807, 2.05) is 87.5 Å². The Bertz CT molecular complexity index is 1530. The third kappa shape index (κ3) is 7.91. The Morgan fingerprint density at radius 2 is 1.50 bits per heavy atom. The minimum absolute atomic E-state index is 0.224. The Labute approximate surface area is 278 Å². The number of para-hydroxylation sites is 2. The molecule has 2 atom stereocenters. The molecule has 0 spiro atoms. The summed E-state index contributed by atoms with van der Waals surface area (Å²) < 4.78 is 51.3. The van der Waals surface area contributed by atoms with E-state index in [0.717, 1.165) is 61.0 Å². The number of rotatable bonds is 13. The quantitative estimate of drug-likeness (QED) is 0.109. The van der Waals surface area contributed by atoms with E-state index in [1.165, 1.54) is 5.56 Å². The van der Waals surface area contributed by atoms with Gasteiger partial charge in [0, 0.05) is 6.42 Å². The van der Waals surface area contributed by atoms with E-state index in [4.69, 9.17) is 9.47 Å². The molecule has 2 aliphatic rings. The molecule has 3 aromatic rings. The normalized spacial score (nSPS) is 18.9. The highest BCUT2D eigenvalue weighted by Crippen LogP contribution is 2.54. The molecule has 1 N–H and O–H groups in total. The van der Waals surface area contributed by atoms with Crippen LogP contribution in [-0.2, 0) is 16.0 Å². The fraction of sp³-hybridized carbons (Fsp3) is 0.432. The second kappa shape index (κ2) is 14.1. The number of carbonyl (C=O) groups is 1. The van der Waals surface area contributed by atoms with E-state index in [0.29, 0.717) is 17.9 Å². The first kappa shape index (κ1) is 33.9. The van der Waals surface area contributed by atoms with E-state index >= 15 is 0 Å². The number of ether oxygens (including phenoxy) is 2. The number of alkyl halides is 3. The lowest BCUT2D eigenvalue weighted by molar-refractivity contribution is -0.160. The maximum Gasteiger partial charge on any atom is 0.389 e. The van der Waals surface area contributed by atoms with Gasteiger partial charge in [0.05, 0.1) is 33.4 Å². The topological polar surface area (TPSA) is 50.8 Å². The number of nitrogens with zero attached hydrogens (tertiary/aromatic N) is 1. The summed E-state index contributed by atoms with van der Waals surface area (Å²) in [7, 11) is 0. The minimum atomic E-state index is -4.04. The van der Waals surface area contributed by atoms with Gasteiger partial charge in [-0.2, -0.15) is 13.2 Å². The van der Waals surface area contributed by atoms with Gasteiger partial charge in [-0.3, -0.25) is 3.93 Å². The molecule has 3 aromatic carbocycles. The van der Waals surface area contributed by atoms with E-state index in [2.05, 4.69) is 33.6 Å². The summed E-state index contributed by atoms with van der Waals surface area (Å²) in [5, 5.41) is 3.52. The van der Waals surface area contributed by atoms with Crippen molar-refractivity contribution >= 4 is 39.6 Å². The highest BCUT2D eigenvalue weighted by Gasteiger charge is 2.60. The number of benzene rings is 3. The molecular formula is C37H42BrF3N2O3. The second-order valence-corrected chi connectivity index (χ2v) is 13.8. The summed E-state index contributed by atoms with van der Waals surface area (Å²) in [6, 6.07) is 23.8. The van der Waals surface area contributed by atoms with Crippen LogP contribution in [0.1, 0.15) is 94.7 Å². The van der Waals surface area contributed by atoms with Crippen LogP contribution in [0, 0.1) is 0 Å². The molecule has 9 heteroatoms. The Morgan fingerprint density at radius 3 is 2.17 bits per heavy atom. The van der Waals surface area contributed by atoms with Crippen LogP contribution < -0.4 is 14.0 Å². The number of fused-ring (bicyclic) bond motifs is 2. The molecule has 2 unspecified atom stereocenters. The lowest BCUT2D eigenvalue weighted by Crippen LogP contribution is -2.60. The molecule has 246 valence electrons. The van der Waals surface area contributed by atoms with Gasteiger partial charge in [-0.25, -0.2) is 4.79 Å². The average Bonchev–Trinajstić information content (AvgIpc) is 3.50. The van der Waals surface area contributed by atoms with Crippen LogP contribution in [0.25, 0.3) is 6.08 Å². The van der Waals surface area contributed by atoms with Crippen molar-refractivity contribution in [3.8, 4) is 5.75 Å².